The smallest absolute Gasteiger partial charge is 0.162 e. The van der Waals surface area contributed by atoms with Gasteiger partial charge in [-0.05, 0) is 41.9 Å². The summed E-state index contributed by atoms with van der Waals surface area (Å²) < 4.78 is 5.94. The van der Waals surface area contributed by atoms with Crippen LogP contribution in [0, 0.1) is 0 Å². The van der Waals surface area contributed by atoms with Crippen molar-refractivity contribution in [1.82, 2.24) is 0 Å². The van der Waals surface area contributed by atoms with Gasteiger partial charge in [0.15, 0.2) is 5.78 Å². The fourth-order valence-corrected chi connectivity index (χ4v) is 2.31. The van der Waals surface area contributed by atoms with Crippen molar-refractivity contribution in [3.05, 3.63) is 27.2 Å². The number of rotatable bonds is 3. The van der Waals surface area contributed by atoms with Crippen molar-refractivity contribution >= 4 is 33.3 Å². The molecule has 0 aromatic heterocycles. The van der Waals surface area contributed by atoms with Gasteiger partial charge in [-0.2, -0.15) is 0 Å². The van der Waals surface area contributed by atoms with Gasteiger partial charge in [-0.25, -0.2) is 0 Å². The Morgan fingerprint density at radius 2 is 2.21 bits per heavy atom. The fourth-order valence-electron chi connectivity index (χ4n) is 1.14. The third-order valence-electron chi connectivity index (χ3n) is 1.68. The van der Waals surface area contributed by atoms with E-state index in [4.69, 9.17) is 16.3 Å². The second kappa shape index (κ2) is 4.80. The Hall–Kier alpha value is -0.540. The highest BCUT2D eigenvalue weighted by molar-refractivity contribution is 9.10. The summed E-state index contributed by atoms with van der Waals surface area (Å²) in [7, 11) is 0. The highest BCUT2D eigenvalue weighted by Crippen LogP contribution is 2.30. The molecular weight excluding hydrogens is 267 g/mol. The summed E-state index contributed by atoms with van der Waals surface area (Å²) in [5.74, 6) is 0.597. The molecule has 0 aliphatic carbocycles. The van der Waals surface area contributed by atoms with Crippen LogP contribution in [0.1, 0.15) is 24.2 Å². The first kappa shape index (κ1) is 11.5. The summed E-state index contributed by atoms with van der Waals surface area (Å²) in [6, 6.07) is 3.39. The minimum atomic E-state index is -0.0649. The van der Waals surface area contributed by atoms with Crippen molar-refractivity contribution < 1.29 is 9.53 Å². The summed E-state index contributed by atoms with van der Waals surface area (Å²) in [4.78, 5) is 11.2. The van der Waals surface area contributed by atoms with Crippen LogP contribution in [0.5, 0.6) is 5.75 Å². The van der Waals surface area contributed by atoms with Crippen LogP contribution in [0.3, 0.4) is 0 Å². The van der Waals surface area contributed by atoms with E-state index in [1.165, 1.54) is 6.92 Å². The SMILES string of the molecule is CCOc1cc(Cl)c(C(C)=O)c(Br)c1. The first-order valence-electron chi connectivity index (χ1n) is 4.19. The van der Waals surface area contributed by atoms with Gasteiger partial charge in [-0.1, -0.05) is 11.6 Å². The van der Waals surface area contributed by atoms with Crippen LogP contribution in [0.2, 0.25) is 5.02 Å². The molecule has 76 valence electrons. The van der Waals surface area contributed by atoms with Crippen LogP contribution < -0.4 is 4.74 Å². The van der Waals surface area contributed by atoms with Gasteiger partial charge in [-0.15, -0.1) is 0 Å². The van der Waals surface area contributed by atoms with E-state index in [1.54, 1.807) is 12.1 Å². The van der Waals surface area contributed by atoms with E-state index >= 15 is 0 Å². The predicted molar refractivity (Wildman–Crippen MR) is 60.3 cm³/mol. The molecule has 0 atom stereocenters. The van der Waals surface area contributed by atoms with Crippen molar-refractivity contribution in [1.29, 1.82) is 0 Å². The molecule has 0 saturated heterocycles. The van der Waals surface area contributed by atoms with Crippen molar-refractivity contribution in [2.45, 2.75) is 13.8 Å². The van der Waals surface area contributed by atoms with Gasteiger partial charge in [0.05, 0.1) is 17.2 Å². The minimum absolute atomic E-state index is 0.0649. The molecule has 14 heavy (non-hydrogen) atoms. The standard InChI is InChI=1S/C10H10BrClO2/c1-3-14-7-4-8(11)10(6(2)13)9(12)5-7/h4-5H,3H2,1-2H3. The molecule has 1 aromatic rings. The van der Waals surface area contributed by atoms with Crippen molar-refractivity contribution in [3.8, 4) is 5.75 Å². The second-order valence-electron chi connectivity index (χ2n) is 2.75. The maximum Gasteiger partial charge on any atom is 0.162 e. The first-order chi connectivity index (χ1) is 6.56. The summed E-state index contributed by atoms with van der Waals surface area (Å²) >= 11 is 9.22. The van der Waals surface area contributed by atoms with E-state index in [0.29, 0.717) is 27.4 Å². The molecule has 4 heteroatoms. The molecule has 0 aliphatic rings. The number of hydrogen-bond acceptors (Lipinski definition) is 2. The van der Waals surface area contributed by atoms with Gasteiger partial charge in [0.2, 0.25) is 0 Å². The molecule has 1 aromatic carbocycles. The molecular formula is C10H10BrClO2. The number of ether oxygens (including phenoxy) is 1. The molecule has 0 N–H and O–H groups in total. The second-order valence-corrected chi connectivity index (χ2v) is 4.01. The normalized spacial score (nSPS) is 10.0. The van der Waals surface area contributed by atoms with E-state index in [1.807, 2.05) is 6.92 Å². The van der Waals surface area contributed by atoms with Gasteiger partial charge >= 0.3 is 0 Å². The molecule has 0 saturated carbocycles. The summed E-state index contributed by atoms with van der Waals surface area (Å²) in [6.45, 7) is 3.94. The lowest BCUT2D eigenvalue weighted by atomic mass is 10.1. The zero-order chi connectivity index (χ0) is 10.7. The number of carbonyl (C=O) groups excluding carboxylic acids is 1. The average molecular weight is 278 g/mol. The molecule has 0 unspecified atom stereocenters. The number of benzene rings is 1. The van der Waals surface area contributed by atoms with Gasteiger partial charge in [0.25, 0.3) is 0 Å². The Morgan fingerprint density at radius 1 is 1.57 bits per heavy atom. The lowest BCUT2D eigenvalue weighted by Crippen LogP contribution is -1.98. The summed E-state index contributed by atoms with van der Waals surface area (Å²) in [6.07, 6.45) is 0. The zero-order valence-corrected chi connectivity index (χ0v) is 10.3. The Morgan fingerprint density at radius 3 is 2.64 bits per heavy atom. The summed E-state index contributed by atoms with van der Waals surface area (Å²) in [5, 5.41) is 0.412. The molecule has 0 heterocycles. The lowest BCUT2D eigenvalue weighted by Gasteiger charge is -2.08. The zero-order valence-electron chi connectivity index (χ0n) is 7.93. The summed E-state index contributed by atoms with van der Waals surface area (Å²) in [5.41, 5.74) is 0.495. The maximum atomic E-state index is 11.2. The third kappa shape index (κ3) is 2.49. The van der Waals surface area contributed by atoms with Crippen molar-refractivity contribution in [2.75, 3.05) is 6.61 Å². The first-order valence-corrected chi connectivity index (χ1v) is 5.36. The molecule has 0 amide bonds. The highest BCUT2D eigenvalue weighted by atomic mass is 79.9. The molecule has 0 aliphatic heterocycles. The molecule has 2 nitrogen and oxygen atoms in total. The van der Waals surface area contributed by atoms with E-state index in [2.05, 4.69) is 15.9 Å². The minimum Gasteiger partial charge on any atom is -0.494 e. The number of ketones is 1. The number of halogens is 2. The Balaban J connectivity index is 3.18. The molecule has 0 radical (unpaired) electrons. The molecule has 1 rings (SSSR count). The average Bonchev–Trinajstić information content (AvgIpc) is 2.01. The predicted octanol–water partition coefficient (Wildman–Crippen LogP) is 3.70. The fraction of sp³-hybridized carbons (Fsp3) is 0.300. The number of hydrogen-bond donors (Lipinski definition) is 0. The number of Topliss-reactive ketones (excluding diaryl/α,β-unsaturated/α-hetero) is 1. The highest BCUT2D eigenvalue weighted by Gasteiger charge is 2.12. The Kier molecular flexibility index (Phi) is 3.96. The van der Waals surface area contributed by atoms with Crippen LogP contribution in [-0.2, 0) is 0 Å². The monoisotopic (exact) mass is 276 g/mol. The number of carbonyl (C=O) groups is 1. The largest absolute Gasteiger partial charge is 0.494 e. The maximum absolute atomic E-state index is 11.2. The molecule has 0 bridgehead atoms. The van der Waals surface area contributed by atoms with Gasteiger partial charge in [0, 0.05) is 4.47 Å². The third-order valence-corrected chi connectivity index (χ3v) is 2.60. The van der Waals surface area contributed by atoms with E-state index < -0.39 is 0 Å². The van der Waals surface area contributed by atoms with E-state index in [9.17, 15) is 4.79 Å². The van der Waals surface area contributed by atoms with E-state index in [0.717, 1.165) is 0 Å². The van der Waals surface area contributed by atoms with Gasteiger partial charge < -0.3 is 4.74 Å². The van der Waals surface area contributed by atoms with Gasteiger partial charge in [0.1, 0.15) is 5.75 Å². The van der Waals surface area contributed by atoms with Gasteiger partial charge in [-0.3, -0.25) is 4.79 Å². The molecule has 0 spiro atoms. The van der Waals surface area contributed by atoms with Crippen molar-refractivity contribution in [2.24, 2.45) is 0 Å². The van der Waals surface area contributed by atoms with Crippen LogP contribution in [0.4, 0.5) is 0 Å². The van der Waals surface area contributed by atoms with Crippen LogP contribution >= 0.6 is 27.5 Å². The lowest BCUT2D eigenvalue weighted by molar-refractivity contribution is 0.101. The van der Waals surface area contributed by atoms with E-state index in [-0.39, 0.29) is 5.78 Å². The Labute approximate surface area is 96.3 Å². The van der Waals surface area contributed by atoms with Crippen LogP contribution in [-0.4, -0.2) is 12.4 Å². The topological polar surface area (TPSA) is 26.3 Å². The Bertz CT molecular complexity index is 340. The van der Waals surface area contributed by atoms with Crippen molar-refractivity contribution in [3.63, 3.8) is 0 Å². The van der Waals surface area contributed by atoms with Crippen LogP contribution in [0.25, 0.3) is 0 Å². The van der Waals surface area contributed by atoms with Crippen LogP contribution in [0.15, 0.2) is 16.6 Å². The molecule has 0 fully saturated rings. The quantitative estimate of drug-likeness (QED) is 0.787.